The van der Waals surface area contributed by atoms with Crippen molar-refractivity contribution >= 4 is 34.5 Å². The van der Waals surface area contributed by atoms with Gasteiger partial charge in [0, 0.05) is 11.3 Å². The van der Waals surface area contributed by atoms with E-state index >= 15 is 0 Å². The number of hydrogen-bond acceptors (Lipinski definition) is 1. The van der Waals surface area contributed by atoms with E-state index in [9.17, 15) is 0 Å². The molecule has 32 heavy (non-hydrogen) atoms. The average molecular weight is 428 g/mol. The lowest BCUT2D eigenvalue weighted by atomic mass is 10.0. The zero-order chi connectivity index (χ0) is 21.8. The molecule has 0 saturated carbocycles. The Labute approximate surface area is 190 Å². The number of rotatable bonds is 5. The van der Waals surface area contributed by atoms with Crippen LogP contribution in [-0.2, 0) is 0 Å². The van der Waals surface area contributed by atoms with E-state index in [1.54, 1.807) is 0 Å². The molecule has 0 fully saturated rings. The number of hydrogen-bond donors (Lipinski definition) is 1. The average Bonchev–Trinajstić information content (AvgIpc) is 2.87. The number of anilines is 1. The largest absolute Gasteiger partial charge is 0.398 e. The maximum atomic E-state index is 6.26. The van der Waals surface area contributed by atoms with Gasteiger partial charge in [-0.2, -0.15) is 0 Å². The Kier molecular flexibility index (Phi) is 5.45. The molecule has 0 heterocycles. The smallest absolute Gasteiger partial charge is 0.179 e. The van der Waals surface area contributed by atoms with E-state index in [0.29, 0.717) is 0 Å². The molecule has 0 aliphatic rings. The summed E-state index contributed by atoms with van der Waals surface area (Å²) in [4.78, 5) is 0. The second-order valence-electron chi connectivity index (χ2n) is 8.01. The van der Waals surface area contributed by atoms with E-state index in [4.69, 9.17) is 5.73 Å². The lowest BCUT2D eigenvalue weighted by molar-refractivity contribution is 1.61. The van der Waals surface area contributed by atoms with Crippen molar-refractivity contribution in [2.75, 3.05) is 5.73 Å². The normalized spacial score (nSPS) is 11.2. The van der Waals surface area contributed by atoms with Crippen LogP contribution >= 0.6 is 0 Å². The highest BCUT2D eigenvalue weighted by Crippen LogP contribution is 2.25. The van der Waals surface area contributed by atoms with Crippen LogP contribution < -0.4 is 26.5 Å². The Hall–Kier alpha value is -3.88. The highest BCUT2D eigenvalue weighted by molar-refractivity contribution is 7.19. The van der Waals surface area contributed by atoms with E-state index in [1.807, 2.05) is 18.2 Å². The summed E-state index contributed by atoms with van der Waals surface area (Å²) in [7, 11) is -2.47. The van der Waals surface area contributed by atoms with Gasteiger partial charge in [0.2, 0.25) is 0 Å². The Bertz CT molecular complexity index is 1200. The van der Waals surface area contributed by atoms with E-state index in [2.05, 4.69) is 121 Å². The third-order valence-electron chi connectivity index (χ3n) is 6.21. The molecule has 0 aliphatic heterocycles. The lowest BCUT2D eigenvalue weighted by Gasteiger charge is -2.34. The fourth-order valence-electron chi connectivity index (χ4n) is 4.72. The van der Waals surface area contributed by atoms with Crippen molar-refractivity contribution < 1.29 is 0 Å². The number of nitrogen functional groups attached to an aromatic ring is 1. The quantitative estimate of drug-likeness (QED) is 0.252. The molecule has 0 amide bonds. The first-order valence-corrected chi connectivity index (χ1v) is 12.9. The molecule has 2 N–H and O–H groups in total. The summed E-state index contributed by atoms with van der Waals surface area (Å²) in [5.74, 6) is 0. The highest BCUT2D eigenvalue weighted by atomic mass is 28.3. The summed E-state index contributed by atoms with van der Waals surface area (Å²) >= 11 is 0. The van der Waals surface area contributed by atoms with Crippen molar-refractivity contribution in [3.05, 3.63) is 140 Å². The van der Waals surface area contributed by atoms with Crippen molar-refractivity contribution in [1.29, 1.82) is 0 Å². The second-order valence-corrected chi connectivity index (χ2v) is 11.8. The van der Waals surface area contributed by atoms with E-state index in [1.165, 1.54) is 20.7 Å². The van der Waals surface area contributed by atoms with Gasteiger partial charge in [-0.1, -0.05) is 133 Å². The van der Waals surface area contributed by atoms with Gasteiger partial charge in [-0.3, -0.25) is 0 Å². The molecule has 5 aromatic carbocycles. The fraction of sp³-hybridized carbons (Fsp3) is 0. The van der Waals surface area contributed by atoms with Crippen LogP contribution in [-0.4, -0.2) is 8.07 Å². The molecule has 0 atom stereocenters. The maximum absolute atomic E-state index is 6.26. The molecule has 0 unspecified atom stereocenters. The summed E-state index contributed by atoms with van der Waals surface area (Å²) in [6.45, 7) is 0. The van der Waals surface area contributed by atoms with Gasteiger partial charge in [0.1, 0.15) is 0 Å². The van der Waals surface area contributed by atoms with Gasteiger partial charge in [0.15, 0.2) is 8.07 Å². The van der Waals surface area contributed by atoms with Crippen LogP contribution in [0.4, 0.5) is 5.69 Å². The van der Waals surface area contributed by atoms with Crippen LogP contribution in [0.3, 0.4) is 0 Å². The highest BCUT2D eigenvalue weighted by Gasteiger charge is 2.41. The number of nitrogens with two attached hydrogens (primary N) is 1. The van der Waals surface area contributed by atoms with Crippen LogP contribution in [0.25, 0.3) is 11.1 Å². The summed E-state index contributed by atoms with van der Waals surface area (Å²) in [5, 5.41) is 5.50. The maximum Gasteiger partial charge on any atom is 0.179 e. The second kappa shape index (κ2) is 8.70. The van der Waals surface area contributed by atoms with Gasteiger partial charge < -0.3 is 5.73 Å². The summed E-state index contributed by atoms with van der Waals surface area (Å²) < 4.78 is 0. The Balaban J connectivity index is 1.78. The molecule has 154 valence electrons. The van der Waals surface area contributed by atoms with Crippen molar-refractivity contribution in [2.24, 2.45) is 0 Å². The van der Waals surface area contributed by atoms with Crippen molar-refractivity contribution in [1.82, 2.24) is 0 Å². The SMILES string of the molecule is Nc1ccccc1-c1ccc([Si](c2ccccc2)(c2ccccc2)c2ccccc2)cc1. The Morgan fingerprint density at radius 2 is 0.750 bits per heavy atom. The lowest BCUT2D eigenvalue weighted by Crippen LogP contribution is -2.74. The summed E-state index contributed by atoms with van der Waals surface area (Å²) in [6.07, 6.45) is 0. The Morgan fingerprint density at radius 1 is 0.375 bits per heavy atom. The number of benzene rings is 5. The minimum absolute atomic E-state index is 0.804. The molecule has 0 aliphatic carbocycles. The first-order valence-electron chi connectivity index (χ1n) is 10.9. The van der Waals surface area contributed by atoms with Gasteiger partial charge in [0.05, 0.1) is 0 Å². The van der Waals surface area contributed by atoms with Crippen molar-refractivity contribution in [2.45, 2.75) is 0 Å². The van der Waals surface area contributed by atoms with Gasteiger partial charge in [-0.15, -0.1) is 0 Å². The van der Waals surface area contributed by atoms with Crippen LogP contribution in [0.5, 0.6) is 0 Å². The molecular formula is C30H25NSi. The first-order chi connectivity index (χ1) is 15.8. The summed E-state index contributed by atoms with van der Waals surface area (Å²) in [6, 6.07) is 50.1. The molecule has 1 nitrogen and oxygen atoms in total. The molecule has 0 aromatic heterocycles. The van der Waals surface area contributed by atoms with Gasteiger partial charge in [0.25, 0.3) is 0 Å². The molecule has 2 heteroatoms. The molecular weight excluding hydrogens is 402 g/mol. The molecule has 5 rings (SSSR count). The van der Waals surface area contributed by atoms with Crippen LogP contribution in [0.15, 0.2) is 140 Å². The minimum atomic E-state index is -2.47. The predicted octanol–water partition coefficient (Wildman–Crippen LogP) is 4.31. The van der Waals surface area contributed by atoms with Crippen LogP contribution in [0.1, 0.15) is 0 Å². The topological polar surface area (TPSA) is 26.0 Å². The molecule has 0 saturated heterocycles. The standard InChI is InChI=1S/C30H25NSi/c31-30-19-11-10-18-29(30)24-20-22-28(23-21-24)32(25-12-4-1-5-13-25,26-14-6-2-7-15-26)27-16-8-3-9-17-27/h1-23H,31H2. The van der Waals surface area contributed by atoms with Crippen LogP contribution in [0, 0.1) is 0 Å². The van der Waals surface area contributed by atoms with E-state index in [0.717, 1.165) is 16.8 Å². The predicted molar refractivity (Wildman–Crippen MR) is 140 cm³/mol. The third kappa shape index (κ3) is 3.45. The molecule has 0 radical (unpaired) electrons. The number of para-hydroxylation sites is 1. The van der Waals surface area contributed by atoms with Gasteiger partial charge in [-0.25, -0.2) is 0 Å². The zero-order valence-corrected chi connectivity index (χ0v) is 18.9. The summed E-state index contributed by atoms with van der Waals surface area (Å²) in [5.41, 5.74) is 9.28. The van der Waals surface area contributed by atoms with E-state index < -0.39 is 8.07 Å². The fourth-order valence-corrected chi connectivity index (χ4v) is 9.47. The monoisotopic (exact) mass is 427 g/mol. The van der Waals surface area contributed by atoms with Gasteiger partial charge in [-0.05, 0) is 32.4 Å². The molecule has 0 bridgehead atoms. The zero-order valence-electron chi connectivity index (χ0n) is 17.9. The first kappa shape index (κ1) is 20.0. The molecule has 5 aromatic rings. The van der Waals surface area contributed by atoms with E-state index in [-0.39, 0.29) is 0 Å². The Morgan fingerprint density at radius 3 is 1.19 bits per heavy atom. The van der Waals surface area contributed by atoms with Crippen LogP contribution in [0.2, 0.25) is 0 Å². The van der Waals surface area contributed by atoms with Gasteiger partial charge >= 0.3 is 0 Å². The third-order valence-corrected chi connectivity index (χ3v) is 11.0. The minimum Gasteiger partial charge on any atom is -0.398 e. The molecule has 0 spiro atoms. The van der Waals surface area contributed by atoms with Crippen molar-refractivity contribution in [3.8, 4) is 11.1 Å². The van der Waals surface area contributed by atoms with Crippen molar-refractivity contribution in [3.63, 3.8) is 0 Å².